The molecule has 100 valence electrons. The fourth-order valence-electron chi connectivity index (χ4n) is 2.20. The molecular formula is C15H23NO2. The molecule has 0 aliphatic carbocycles. The lowest BCUT2D eigenvalue weighted by Gasteiger charge is -2.16. The third-order valence-electron chi connectivity index (χ3n) is 3.48. The van der Waals surface area contributed by atoms with Crippen LogP contribution in [0, 0.1) is 25.7 Å². The highest BCUT2D eigenvalue weighted by Gasteiger charge is 2.18. The summed E-state index contributed by atoms with van der Waals surface area (Å²) in [4.78, 5) is 10.9. The van der Waals surface area contributed by atoms with Gasteiger partial charge in [-0.05, 0) is 49.3 Å². The molecule has 0 aromatic heterocycles. The van der Waals surface area contributed by atoms with Gasteiger partial charge in [0, 0.05) is 6.54 Å². The highest BCUT2D eigenvalue weighted by Crippen LogP contribution is 2.19. The molecule has 3 heteroatoms. The Bertz CT molecular complexity index is 415. The van der Waals surface area contributed by atoms with E-state index in [2.05, 4.69) is 39.0 Å². The van der Waals surface area contributed by atoms with Gasteiger partial charge < -0.3 is 10.8 Å². The van der Waals surface area contributed by atoms with Gasteiger partial charge in [0.25, 0.3) is 0 Å². The summed E-state index contributed by atoms with van der Waals surface area (Å²) < 4.78 is 0. The van der Waals surface area contributed by atoms with Crippen molar-refractivity contribution in [1.29, 1.82) is 0 Å². The lowest BCUT2D eigenvalue weighted by atomic mass is 9.90. The van der Waals surface area contributed by atoms with Crippen molar-refractivity contribution in [1.82, 2.24) is 0 Å². The van der Waals surface area contributed by atoms with Crippen LogP contribution in [-0.4, -0.2) is 17.6 Å². The first-order valence-electron chi connectivity index (χ1n) is 6.43. The van der Waals surface area contributed by atoms with E-state index < -0.39 is 11.9 Å². The fraction of sp³-hybridized carbons (Fsp3) is 0.533. The zero-order valence-corrected chi connectivity index (χ0v) is 11.4. The van der Waals surface area contributed by atoms with E-state index in [4.69, 9.17) is 10.8 Å². The van der Waals surface area contributed by atoms with Gasteiger partial charge in [-0.1, -0.05) is 25.1 Å². The third-order valence-corrected chi connectivity index (χ3v) is 3.48. The molecule has 1 rings (SSSR count). The SMILES string of the molecule is Cc1ccc(CC(C)CC(CN)C(=O)O)cc1C. The molecule has 0 bridgehead atoms. The number of aryl methyl sites for hydroxylation is 2. The molecule has 0 saturated carbocycles. The molecule has 0 fully saturated rings. The molecule has 0 saturated heterocycles. The van der Waals surface area contributed by atoms with Gasteiger partial charge >= 0.3 is 5.97 Å². The smallest absolute Gasteiger partial charge is 0.307 e. The van der Waals surface area contributed by atoms with E-state index in [1.54, 1.807) is 0 Å². The van der Waals surface area contributed by atoms with Gasteiger partial charge in [0.1, 0.15) is 0 Å². The number of carboxylic acids is 1. The van der Waals surface area contributed by atoms with Crippen LogP contribution in [0.4, 0.5) is 0 Å². The maximum Gasteiger partial charge on any atom is 0.307 e. The van der Waals surface area contributed by atoms with E-state index in [9.17, 15) is 4.79 Å². The Kier molecular flexibility index (Phi) is 5.35. The Morgan fingerprint density at radius 3 is 2.50 bits per heavy atom. The number of hydrogen-bond donors (Lipinski definition) is 2. The van der Waals surface area contributed by atoms with Crippen molar-refractivity contribution >= 4 is 5.97 Å². The minimum atomic E-state index is -0.788. The average Bonchev–Trinajstić information content (AvgIpc) is 2.30. The van der Waals surface area contributed by atoms with E-state index in [1.165, 1.54) is 16.7 Å². The van der Waals surface area contributed by atoms with E-state index >= 15 is 0 Å². The summed E-state index contributed by atoms with van der Waals surface area (Å²) in [5, 5.41) is 8.99. The van der Waals surface area contributed by atoms with Crippen LogP contribution in [0.15, 0.2) is 18.2 Å². The summed E-state index contributed by atoms with van der Waals surface area (Å²) in [7, 11) is 0. The van der Waals surface area contributed by atoms with Gasteiger partial charge in [-0.2, -0.15) is 0 Å². The second-order valence-electron chi connectivity index (χ2n) is 5.23. The molecule has 18 heavy (non-hydrogen) atoms. The first kappa shape index (κ1) is 14.7. The minimum Gasteiger partial charge on any atom is -0.481 e. The molecule has 3 N–H and O–H groups in total. The van der Waals surface area contributed by atoms with Gasteiger partial charge in [0.15, 0.2) is 0 Å². The molecule has 2 atom stereocenters. The number of hydrogen-bond acceptors (Lipinski definition) is 2. The van der Waals surface area contributed by atoms with Gasteiger partial charge in [0.05, 0.1) is 5.92 Å². The maximum absolute atomic E-state index is 10.9. The Morgan fingerprint density at radius 1 is 1.33 bits per heavy atom. The molecule has 0 radical (unpaired) electrons. The summed E-state index contributed by atoms with van der Waals surface area (Å²) in [5.74, 6) is -0.882. The summed E-state index contributed by atoms with van der Waals surface area (Å²) in [6, 6.07) is 6.43. The monoisotopic (exact) mass is 249 g/mol. The predicted molar refractivity (Wildman–Crippen MR) is 73.6 cm³/mol. The normalized spacial score (nSPS) is 14.2. The van der Waals surface area contributed by atoms with Crippen molar-refractivity contribution in [3.8, 4) is 0 Å². The lowest BCUT2D eigenvalue weighted by Crippen LogP contribution is -2.25. The minimum absolute atomic E-state index is 0.215. The lowest BCUT2D eigenvalue weighted by molar-refractivity contribution is -0.141. The number of carboxylic acid groups (broad SMARTS) is 1. The van der Waals surface area contributed by atoms with Crippen LogP contribution in [0.5, 0.6) is 0 Å². The first-order chi connectivity index (χ1) is 8.43. The van der Waals surface area contributed by atoms with Gasteiger partial charge in [-0.25, -0.2) is 0 Å². The maximum atomic E-state index is 10.9. The van der Waals surface area contributed by atoms with E-state index in [0.29, 0.717) is 12.3 Å². The zero-order valence-electron chi connectivity index (χ0n) is 11.4. The average molecular weight is 249 g/mol. The molecule has 1 aromatic carbocycles. The van der Waals surface area contributed by atoms with Crippen molar-refractivity contribution < 1.29 is 9.90 Å². The molecule has 0 spiro atoms. The molecule has 0 aliphatic heterocycles. The second-order valence-corrected chi connectivity index (χ2v) is 5.23. The Hall–Kier alpha value is -1.35. The van der Waals surface area contributed by atoms with Crippen molar-refractivity contribution in [2.24, 2.45) is 17.6 Å². The number of aliphatic carboxylic acids is 1. The summed E-state index contributed by atoms with van der Waals surface area (Å²) in [6.45, 7) is 6.49. The van der Waals surface area contributed by atoms with Crippen LogP contribution >= 0.6 is 0 Å². The van der Waals surface area contributed by atoms with E-state index in [-0.39, 0.29) is 6.54 Å². The molecular weight excluding hydrogens is 226 g/mol. The number of carbonyl (C=O) groups is 1. The van der Waals surface area contributed by atoms with Gasteiger partial charge in [-0.15, -0.1) is 0 Å². The van der Waals surface area contributed by atoms with Crippen LogP contribution in [0.3, 0.4) is 0 Å². The predicted octanol–water partition coefficient (Wildman–Crippen LogP) is 2.53. The van der Waals surface area contributed by atoms with E-state index in [1.807, 2.05) is 0 Å². The van der Waals surface area contributed by atoms with Crippen molar-refractivity contribution in [2.45, 2.75) is 33.6 Å². The highest BCUT2D eigenvalue weighted by molar-refractivity contribution is 5.70. The summed E-state index contributed by atoms with van der Waals surface area (Å²) in [5.41, 5.74) is 9.32. The van der Waals surface area contributed by atoms with Crippen molar-refractivity contribution in [3.63, 3.8) is 0 Å². The topological polar surface area (TPSA) is 63.3 Å². The van der Waals surface area contributed by atoms with Gasteiger partial charge in [-0.3, -0.25) is 4.79 Å². The third kappa shape index (κ3) is 4.15. The van der Waals surface area contributed by atoms with Crippen molar-refractivity contribution in [2.75, 3.05) is 6.54 Å². The molecule has 2 unspecified atom stereocenters. The zero-order chi connectivity index (χ0) is 13.7. The number of benzene rings is 1. The Morgan fingerprint density at radius 2 is 2.00 bits per heavy atom. The van der Waals surface area contributed by atoms with Crippen LogP contribution in [0.25, 0.3) is 0 Å². The molecule has 0 amide bonds. The van der Waals surface area contributed by atoms with Crippen LogP contribution in [0.1, 0.15) is 30.0 Å². The highest BCUT2D eigenvalue weighted by atomic mass is 16.4. The fourth-order valence-corrected chi connectivity index (χ4v) is 2.20. The quantitative estimate of drug-likeness (QED) is 0.814. The molecule has 1 aromatic rings. The standard InChI is InChI=1S/C15H23NO2/c1-10(7-14(9-16)15(17)18)6-13-5-4-11(2)12(3)8-13/h4-5,8,10,14H,6-7,9,16H2,1-3H3,(H,17,18). The molecule has 3 nitrogen and oxygen atoms in total. The summed E-state index contributed by atoms with van der Waals surface area (Å²) >= 11 is 0. The van der Waals surface area contributed by atoms with Crippen LogP contribution < -0.4 is 5.73 Å². The number of rotatable bonds is 6. The second kappa shape index (κ2) is 6.55. The largest absolute Gasteiger partial charge is 0.481 e. The van der Waals surface area contributed by atoms with Crippen LogP contribution in [0.2, 0.25) is 0 Å². The van der Waals surface area contributed by atoms with Crippen LogP contribution in [-0.2, 0) is 11.2 Å². The van der Waals surface area contributed by atoms with Gasteiger partial charge in [0.2, 0.25) is 0 Å². The Labute approximate surface area is 109 Å². The molecule has 0 heterocycles. The van der Waals surface area contributed by atoms with Crippen molar-refractivity contribution in [3.05, 3.63) is 34.9 Å². The van der Waals surface area contributed by atoms with E-state index in [0.717, 1.165) is 6.42 Å². The summed E-state index contributed by atoms with van der Waals surface area (Å²) in [6.07, 6.45) is 1.55. The molecule has 0 aliphatic rings. The Balaban J connectivity index is 2.61. The first-order valence-corrected chi connectivity index (χ1v) is 6.43. The number of nitrogens with two attached hydrogens (primary N) is 1.